The number of nitrogens with two attached hydrogens (primary N) is 1. The standard InChI is InChI=1S/C11H16FN/c1-2-3-4-10-6-5-9(8-13)7-11(10)12/h5-7H,2-4,8,13H2,1H3. The van der Waals surface area contributed by atoms with Gasteiger partial charge in [0.15, 0.2) is 0 Å². The lowest BCUT2D eigenvalue weighted by Crippen LogP contribution is -1.98. The molecule has 0 heterocycles. The van der Waals surface area contributed by atoms with Crippen molar-refractivity contribution < 1.29 is 4.39 Å². The number of unbranched alkanes of at least 4 members (excludes halogenated alkanes) is 1. The van der Waals surface area contributed by atoms with Gasteiger partial charge in [0, 0.05) is 6.54 Å². The number of benzene rings is 1. The average Bonchev–Trinajstić information content (AvgIpc) is 2.16. The maximum absolute atomic E-state index is 13.3. The Labute approximate surface area is 78.8 Å². The van der Waals surface area contributed by atoms with Crippen molar-refractivity contribution in [3.63, 3.8) is 0 Å². The summed E-state index contributed by atoms with van der Waals surface area (Å²) in [5, 5.41) is 0. The molecule has 1 aromatic rings. The zero-order chi connectivity index (χ0) is 9.68. The molecule has 0 radical (unpaired) electrons. The SMILES string of the molecule is CCCCc1ccc(CN)cc1F. The monoisotopic (exact) mass is 181 g/mol. The van der Waals surface area contributed by atoms with E-state index in [1.165, 1.54) is 6.07 Å². The summed E-state index contributed by atoms with van der Waals surface area (Å²) < 4.78 is 13.3. The minimum absolute atomic E-state index is 0.114. The van der Waals surface area contributed by atoms with E-state index in [9.17, 15) is 4.39 Å². The van der Waals surface area contributed by atoms with Crippen molar-refractivity contribution in [1.82, 2.24) is 0 Å². The van der Waals surface area contributed by atoms with E-state index in [0.29, 0.717) is 6.54 Å². The van der Waals surface area contributed by atoms with Crippen molar-refractivity contribution in [3.05, 3.63) is 35.1 Å². The topological polar surface area (TPSA) is 26.0 Å². The maximum atomic E-state index is 13.3. The molecule has 1 aromatic carbocycles. The van der Waals surface area contributed by atoms with Crippen LogP contribution in [0.15, 0.2) is 18.2 Å². The molecule has 0 aliphatic carbocycles. The molecule has 0 amide bonds. The highest BCUT2D eigenvalue weighted by Crippen LogP contribution is 2.12. The number of halogens is 1. The molecule has 1 nitrogen and oxygen atoms in total. The molecule has 13 heavy (non-hydrogen) atoms. The molecule has 0 aliphatic heterocycles. The zero-order valence-electron chi connectivity index (χ0n) is 8.02. The van der Waals surface area contributed by atoms with E-state index in [1.807, 2.05) is 12.1 Å². The normalized spacial score (nSPS) is 10.4. The molecule has 0 aliphatic rings. The summed E-state index contributed by atoms with van der Waals surface area (Å²) in [6, 6.07) is 5.27. The van der Waals surface area contributed by atoms with E-state index in [4.69, 9.17) is 5.73 Å². The Morgan fingerprint density at radius 2 is 2.15 bits per heavy atom. The first-order chi connectivity index (χ1) is 6.27. The highest BCUT2D eigenvalue weighted by Gasteiger charge is 2.01. The first-order valence-electron chi connectivity index (χ1n) is 4.75. The van der Waals surface area contributed by atoms with Gasteiger partial charge in [-0.2, -0.15) is 0 Å². The highest BCUT2D eigenvalue weighted by molar-refractivity contribution is 5.24. The Balaban J connectivity index is 2.73. The number of rotatable bonds is 4. The van der Waals surface area contributed by atoms with Crippen LogP contribution in [0.2, 0.25) is 0 Å². The lowest BCUT2D eigenvalue weighted by Gasteiger charge is -2.03. The second-order valence-corrected chi connectivity index (χ2v) is 3.23. The highest BCUT2D eigenvalue weighted by atomic mass is 19.1. The zero-order valence-corrected chi connectivity index (χ0v) is 8.02. The van der Waals surface area contributed by atoms with Gasteiger partial charge in [0.25, 0.3) is 0 Å². The molecule has 0 atom stereocenters. The summed E-state index contributed by atoms with van der Waals surface area (Å²) in [7, 11) is 0. The summed E-state index contributed by atoms with van der Waals surface area (Å²) in [6.07, 6.45) is 2.96. The van der Waals surface area contributed by atoms with E-state index in [1.54, 1.807) is 0 Å². The molecule has 1 rings (SSSR count). The molecule has 0 unspecified atom stereocenters. The van der Waals surface area contributed by atoms with Crippen molar-refractivity contribution in [2.24, 2.45) is 5.73 Å². The van der Waals surface area contributed by atoms with Crippen LogP contribution in [-0.4, -0.2) is 0 Å². The maximum Gasteiger partial charge on any atom is 0.126 e. The second-order valence-electron chi connectivity index (χ2n) is 3.23. The van der Waals surface area contributed by atoms with Gasteiger partial charge in [-0.25, -0.2) is 4.39 Å². The fourth-order valence-corrected chi connectivity index (χ4v) is 1.29. The molecular formula is C11H16FN. The first-order valence-corrected chi connectivity index (χ1v) is 4.75. The van der Waals surface area contributed by atoms with Gasteiger partial charge in [0.05, 0.1) is 0 Å². The summed E-state index contributed by atoms with van der Waals surface area (Å²) in [5.41, 5.74) is 7.07. The number of aryl methyl sites for hydroxylation is 1. The molecule has 0 saturated heterocycles. The van der Waals surface area contributed by atoms with Crippen LogP contribution in [-0.2, 0) is 13.0 Å². The van der Waals surface area contributed by atoms with Crippen molar-refractivity contribution in [1.29, 1.82) is 0 Å². The van der Waals surface area contributed by atoms with E-state index in [0.717, 1.165) is 30.4 Å². The second kappa shape index (κ2) is 4.97. The molecule has 0 aromatic heterocycles. The van der Waals surface area contributed by atoms with Crippen LogP contribution in [0.4, 0.5) is 4.39 Å². The average molecular weight is 181 g/mol. The number of hydrogen-bond donors (Lipinski definition) is 1. The lowest BCUT2D eigenvalue weighted by atomic mass is 10.1. The Morgan fingerprint density at radius 1 is 1.38 bits per heavy atom. The van der Waals surface area contributed by atoms with E-state index in [2.05, 4.69) is 6.92 Å². The lowest BCUT2D eigenvalue weighted by molar-refractivity contribution is 0.601. The fourth-order valence-electron chi connectivity index (χ4n) is 1.29. The Morgan fingerprint density at radius 3 is 2.69 bits per heavy atom. The van der Waals surface area contributed by atoms with Gasteiger partial charge in [-0.1, -0.05) is 25.5 Å². The fraction of sp³-hybridized carbons (Fsp3) is 0.455. The summed E-state index contributed by atoms with van der Waals surface area (Å²) in [5.74, 6) is -0.114. The molecule has 2 N–H and O–H groups in total. The molecule has 0 fully saturated rings. The quantitative estimate of drug-likeness (QED) is 0.759. The van der Waals surface area contributed by atoms with Crippen molar-refractivity contribution >= 4 is 0 Å². The van der Waals surface area contributed by atoms with E-state index in [-0.39, 0.29) is 5.82 Å². The molecule has 72 valence electrons. The van der Waals surface area contributed by atoms with Gasteiger partial charge >= 0.3 is 0 Å². The van der Waals surface area contributed by atoms with Crippen LogP contribution < -0.4 is 5.73 Å². The van der Waals surface area contributed by atoms with Crippen LogP contribution in [0.25, 0.3) is 0 Å². The van der Waals surface area contributed by atoms with Gasteiger partial charge in [-0.15, -0.1) is 0 Å². The van der Waals surface area contributed by atoms with E-state index >= 15 is 0 Å². The Hall–Kier alpha value is -0.890. The molecule has 2 heteroatoms. The summed E-state index contributed by atoms with van der Waals surface area (Å²) in [4.78, 5) is 0. The van der Waals surface area contributed by atoms with Crippen LogP contribution in [0.1, 0.15) is 30.9 Å². The molecule has 0 bridgehead atoms. The van der Waals surface area contributed by atoms with Crippen LogP contribution in [0.5, 0.6) is 0 Å². The molecule has 0 spiro atoms. The van der Waals surface area contributed by atoms with Gasteiger partial charge in [-0.3, -0.25) is 0 Å². The minimum Gasteiger partial charge on any atom is -0.326 e. The Kier molecular flexibility index (Phi) is 3.90. The summed E-state index contributed by atoms with van der Waals surface area (Å²) >= 11 is 0. The largest absolute Gasteiger partial charge is 0.326 e. The van der Waals surface area contributed by atoms with Crippen LogP contribution >= 0.6 is 0 Å². The summed E-state index contributed by atoms with van der Waals surface area (Å²) in [6.45, 7) is 2.51. The molecular weight excluding hydrogens is 165 g/mol. The van der Waals surface area contributed by atoms with Gasteiger partial charge in [-0.05, 0) is 30.0 Å². The predicted octanol–water partition coefficient (Wildman–Crippen LogP) is 2.63. The number of hydrogen-bond acceptors (Lipinski definition) is 1. The van der Waals surface area contributed by atoms with Crippen LogP contribution in [0.3, 0.4) is 0 Å². The Bertz CT molecular complexity index is 271. The minimum atomic E-state index is -0.114. The van der Waals surface area contributed by atoms with Crippen molar-refractivity contribution in [2.45, 2.75) is 32.7 Å². The van der Waals surface area contributed by atoms with Gasteiger partial charge in [0.1, 0.15) is 5.82 Å². The predicted molar refractivity (Wildman–Crippen MR) is 52.9 cm³/mol. The smallest absolute Gasteiger partial charge is 0.126 e. The van der Waals surface area contributed by atoms with Gasteiger partial charge in [0.2, 0.25) is 0 Å². The van der Waals surface area contributed by atoms with Crippen LogP contribution in [0, 0.1) is 5.82 Å². The molecule has 0 saturated carbocycles. The third kappa shape index (κ3) is 2.81. The third-order valence-electron chi connectivity index (χ3n) is 2.15. The first kappa shape index (κ1) is 10.2. The van der Waals surface area contributed by atoms with E-state index < -0.39 is 0 Å². The van der Waals surface area contributed by atoms with Gasteiger partial charge < -0.3 is 5.73 Å². The van der Waals surface area contributed by atoms with Crippen molar-refractivity contribution in [2.75, 3.05) is 0 Å². The third-order valence-corrected chi connectivity index (χ3v) is 2.15. The van der Waals surface area contributed by atoms with Crippen molar-refractivity contribution in [3.8, 4) is 0 Å².